The molecule has 0 fully saturated rings. The van der Waals surface area contributed by atoms with Gasteiger partial charge < -0.3 is 11.1 Å². The Kier molecular flexibility index (Phi) is 1.32. The average Bonchev–Trinajstić information content (AvgIpc) is 2.27. The molecule has 0 bridgehead atoms. The molecule has 1 aromatic heterocycles. The monoisotopic (exact) mass is 153 g/mol. The quantitative estimate of drug-likeness (QED) is 0.519. The number of nitrogens with two attached hydrogens (primary N) is 1. The standard InChI is InChI=1S/C6H11N5/c1-4-9-6-8-2-5(7)3-11(6)10-4/h5H,2-3,7H2,1H3,(H,8,9,10). The van der Waals surface area contributed by atoms with Crippen molar-refractivity contribution in [1.82, 2.24) is 14.8 Å². The molecule has 1 atom stereocenters. The zero-order valence-electron chi connectivity index (χ0n) is 6.41. The second-order valence-corrected chi connectivity index (χ2v) is 2.81. The second-order valence-electron chi connectivity index (χ2n) is 2.81. The Morgan fingerprint density at radius 3 is 3.36 bits per heavy atom. The molecule has 0 spiro atoms. The van der Waals surface area contributed by atoms with Crippen LogP contribution >= 0.6 is 0 Å². The molecular formula is C6H11N5. The molecule has 0 amide bonds. The van der Waals surface area contributed by atoms with Gasteiger partial charge in [0.2, 0.25) is 5.95 Å². The van der Waals surface area contributed by atoms with Crippen LogP contribution in [0, 0.1) is 6.92 Å². The van der Waals surface area contributed by atoms with Crippen molar-refractivity contribution in [3.05, 3.63) is 5.82 Å². The van der Waals surface area contributed by atoms with Gasteiger partial charge in [-0.25, -0.2) is 4.68 Å². The van der Waals surface area contributed by atoms with E-state index in [4.69, 9.17) is 5.73 Å². The topological polar surface area (TPSA) is 68.8 Å². The van der Waals surface area contributed by atoms with Crippen molar-refractivity contribution in [2.24, 2.45) is 5.73 Å². The Labute approximate surface area is 64.6 Å². The molecule has 11 heavy (non-hydrogen) atoms. The van der Waals surface area contributed by atoms with Crippen LogP contribution in [0.1, 0.15) is 5.82 Å². The number of hydrogen-bond donors (Lipinski definition) is 2. The molecule has 1 aromatic rings. The number of nitrogens with one attached hydrogen (secondary N) is 1. The average molecular weight is 153 g/mol. The zero-order chi connectivity index (χ0) is 7.84. The van der Waals surface area contributed by atoms with Crippen LogP contribution in [-0.4, -0.2) is 27.4 Å². The predicted molar refractivity (Wildman–Crippen MR) is 41.2 cm³/mol. The summed E-state index contributed by atoms with van der Waals surface area (Å²) in [6, 6.07) is 0.156. The van der Waals surface area contributed by atoms with Gasteiger partial charge in [0.1, 0.15) is 5.82 Å². The SMILES string of the molecule is Cc1nc2n(n1)CC(N)CN2. The number of rotatable bonds is 0. The van der Waals surface area contributed by atoms with E-state index < -0.39 is 0 Å². The van der Waals surface area contributed by atoms with E-state index in [-0.39, 0.29) is 6.04 Å². The van der Waals surface area contributed by atoms with Gasteiger partial charge in [-0.3, -0.25) is 0 Å². The summed E-state index contributed by atoms with van der Waals surface area (Å²) in [5, 5.41) is 7.26. The molecule has 1 unspecified atom stereocenters. The predicted octanol–water partition coefficient (Wildman–Crippen LogP) is -0.661. The lowest BCUT2D eigenvalue weighted by atomic mass is 10.3. The molecule has 3 N–H and O–H groups in total. The van der Waals surface area contributed by atoms with Crippen molar-refractivity contribution in [2.45, 2.75) is 19.5 Å². The molecule has 0 saturated carbocycles. The molecule has 1 aliphatic rings. The molecule has 0 aromatic carbocycles. The van der Waals surface area contributed by atoms with Crippen LogP contribution in [0.25, 0.3) is 0 Å². The fraction of sp³-hybridized carbons (Fsp3) is 0.667. The maximum absolute atomic E-state index is 5.71. The van der Waals surface area contributed by atoms with Gasteiger partial charge in [-0.05, 0) is 6.92 Å². The molecular weight excluding hydrogens is 142 g/mol. The molecule has 2 heterocycles. The maximum atomic E-state index is 5.71. The van der Waals surface area contributed by atoms with Gasteiger partial charge in [0.05, 0.1) is 6.54 Å². The Morgan fingerprint density at radius 1 is 1.73 bits per heavy atom. The minimum absolute atomic E-state index is 0.156. The highest BCUT2D eigenvalue weighted by atomic mass is 15.4. The second kappa shape index (κ2) is 2.20. The Hall–Kier alpha value is -1.10. The van der Waals surface area contributed by atoms with Crippen molar-refractivity contribution in [3.63, 3.8) is 0 Å². The van der Waals surface area contributed by atoms with Crippen LogP contribution in [-0.2, 0) is 6.54 Å². The van der Waals surface area contributed by atoms with Gasteiger partial charge >= 0.3 is 0 Å². The molecule has 0 aliphatic carbocycles. The minimum atomic E-state index is 0.156. The third kappa shape index (κ3) is 1.07. The van der Waals surface area contributed by atoms with E-state index >= 15 is 0 Å². The van der Waals surface area contributed by atoms with Crippen LogP contribution in [0.2, 0.25) is 0 Å². The van der Waals surface area contributed by atoms with E-state index in [2.05, 4.69) is 15.4 Å². The lowest BCUT2D eigenvalue weighted by Gasteiger charge is -2.19. The number of aryl methyl sites for hydroxylation is 1. The fourth-order valence-corrected chi connectivity index (χ4v) is 1.22. The van der Waals surface area contributed by atoms with E-state index in [1.807, 2.05) is 11.6 Å². The van der Waals surface area contributed by atoms with Crippen molar-refractivity contribution >= 4 is 5.95 Å². The third-order valence-corrected chi connectivity index (χ3v) is 1.71. The Balaban J connectivity index is 2.34. The summed E-state index contributed by atoms with van der Waals surface area (Å²) in [5.41, 5.74) is 5.71. The van der Waals surface area contributed by atoms with Crippen molar-refractivity contribution < 1.29 is 0 Å². The number of aromatic nitrogens is 3. The number of nitrogens with zero attached hydrogens (tertiary/aromatic N) is 3. The van der Waals surface area contributed by atoms with Gasteiger partial charge in [-0.1, -0.05) is 0 Å². The van der Waals surface area contributed by atoms with Crippen molar-refractivity contribution in [2.75, 3.05) is 11.9 Å². The van der Waals surface area contributed by atoms with Crippen LogP contribution in [0.5, 0.6) is 0 Å². The first-order valence-electron chi connectivity index (χ1n) is 3.66. The van der Waals surface area contributed by atoms with Crippen LogP contribution in [0.4, 0.5) is 5.95 Å². The van der Waals surface area contributed by atoms with Crippen LogP contribution < -0.4 is 11.1 Å². The highest BCUT2D eigenvalue weighted by Gasteiger charge is 2.16. The zero-order valence-corrected chi connectivity index (χ0v) is 6.41. The molecule has 2 rings (SSSR count). The van der Waals surface area contributed by atoms with Crippen molar-refractivity contribution in [1.29, 1.82) is 0 Å². The Morgan fingerprint density at radius 2 is 2.55 bits per heavy atom. The molecule has 5 nitrogen and oxygen atoms in total. The summed E-state index contributed by atoms with van der Waals surface area (Å²) in [7, 11) is 0. The van der Waals surface area contributed by atoms with E-state index in [1.165, 1.54) is 0 Å². The Bertz CT molecular complexity index is 266. The summed E-state index contributed by atoms with van der Waals surface area (Å²) in [6.45, 7) is 3.43. The van der Waals surface area contributed by atoms with Gasteiger partial charge in [0.25, 0.3) is 0 Å². The van der Waals surface area contributed by atoms with Gasteiger partial charge in [-0.2, -0.15) is 10.1 Å². The van der Waals surface area contributed by atoms with Gasteiger partial charge in [0, 0.05) is 12.6 Å². The molecule has 0 radical (unpaired) electrons. The van der Waals surface area contributed by atoms with E-state index in [0.29, 0.717) is 0 Å². The highest BCUT2D eigenvalue weighted by molar-refractivity contribution is 5.27. The van der Waals surface area contributed by atoms with Crippen LogP contribution in [0.3, 0.4) is 0 Å². The number of hydrogen-bond acceptors (Lipinski definition) is 4. The van der Waals surface area contributed by atoms with E-state index in [0.717, 1.165) is 24.9 Å². The summed E-state index contributed by atoms with van der Waals surface area (Å²) in [5.74, 6) is 1.63. The summed E-state index contributed by atoms with van der Waals surface area (Å²) >= 11 is 0. The summed E-state index contributed by atoms with van der Waals surface area (Å²) < 4.78 is 1.81. The molecule has 5 heteroatoms. The first kappa shape index (κ1) is 6.60. The minimum Gasteiger partial charge on any atom is -0.353 e. The first-order chi connectivity index (χ1) is 5.25. The lowest BCUT2D eigenvalue weighted by Crippen LogP contribution is -2.38. The fourth-order valence-electron chi connectivity index (χ4n) is 1.22. The molecule has 1 aliphatic heterocycles. The third-order valence-electron chi connectivity index (χ3n) is 1.71. The van der Waals surface area contributed by atoms with Crippen LogP contribution in [0.15, 0.2) is 0 Å². The van der Waals surface area contributed by atoms with Crippen molar-refractivity contribution in [3.8, 4) is 0 Å². The summed E-state index contributed by atoms with van der Waals surface area (Å²) in [6.07, 6.45) is 0. The summed E-state index contributed by atoms with van der Waals surface area (Å²) in [4.78, 5) is 4.17. The van der Waals surface area contributed by atoms with Gasteiger partial charge in [-0.15, -0.1) is 0 Å². The van der Waals surface area contributed by atoms with Gasteiger partial charge in [0.15, 0.2) is 0 Å². The lowest BCUT2D eigenvalue weighted by molar-refractivity contribution is 0.498. The first-order valence-corrected chi connectivity index (χ1v) is 3.66. The molecule has 0 saturated heterocycles. The highest BCUT2D eigenvalue weighted by Crippen LogP contribution is 2.09. The molecule has 60 valence electrons. The number of anilines is 1. The number of fused-ring (bicyclic) bond motifs is 1. The van der Waals surface area contributed by atoms with E-state index in [1.54, 1.807) is 0 Å². The smallest absolute Gasteiger partial charge is 0.221 e. The van der Waals surface area contributed by atoms with E-state index in [9.17, 15) is 0 Å². The largest absolute Gasteiger partial charge is 0.353 e. The maximum Gasteiger partial charge on any atom is 0.221 e. The normalized spacial score (nSPS) is 22.5.